The van der Waals surface area contributed by atoms with E-state index in [1.807, 2.05) is 48.5 Å². The summed E-state index contributed by atoms with van der Waals surface area (Å²) >= 11 is 0. The first-order chi connectivity index (χ1) is 13.8. The molecule has 3 aromatic rings. The summed E-state index contributed by atoms with van der Waals surface area (Å²) in [6.07, 6.45) is 1.57. The van der Waals surface area contributed by atoms with Gasteiger partial charge in [0, 0.05) is 12.6 Å². The predicted octanol–water partition coefficient (Wildman–Crippen LogP) is 5.22. The number of hydrogen-bond acceptors (Lipinski definition) is 3. The lowest BCUT2D eigenvalue weighted by molar-refractivity contribution is 0.103. The van der Waals surface area contributed by atoms with Gasteiger partial charge >= 0.3 is 0 Å². The molecule has 0 radical (unpaired) electrons. The molecule has 3 rings (SSSR count). The Balaban J connectivity index is 1.48. The van der Waals surface area contributed by atoms with Crippen LogP contribution in [-0.2, 0) is 0 Å². The smallest absolute Gasteiger partial charge is 0.119 e. The van der Waals surface area contributed by atoms with Crippen LogP contribution >= 0.6 is 0 Å². The third-order valence-electron chi connectivity index (χ3n) is 4.78. The fourth-order valence-electron chi connectivity index (χ4n) is 3.26. The van der Waals surface area contributed by atoms with Crippen molar-refractivity contribution in [2.45, 2.75) is 31.9 Å². The third kappa shape index (κ3) is 5.95. The van der Waals surface area contributed by atoms with Crippen LogP contribution in [-0.4, -0.2) is 24.4 Å². The molecule has 0 aliphatic carbocycles. The van der Waals surface area contributed by atoms with Crippen molar-refractivity contribution >= 4 is 0 Å². The Kier molecular flexibility index (Phi) is 7.65. The van der Waals surface area contributed by atoms with E-state index in [2.05, 4.69) is 48.6 Å². The van der Waals surface area contributed by atoms with Gasteiger partial charge in [0.2, 0.25) is 0 Å². The second-order valence-corrected chi connectivity index (χ2v) is 7.02. The van der Waals surface area contributed by atoms with E-state index in [-0.39, 0.29) is 12.6 Å². The summed E-state index contributed by atoms with van der Waals surface area (Å²) in [7, 11) is 0. The number of ether oxygens (including phenoxy) is 1. The Morgan fingerprint density at radius 3 is 2.07 bits per heavy atom. The molecule has 0 saturated carbocycles. The van der Waals surface area contributed by atoms with Gasteiger partial charge in [-0.1, -0.05) is 86.1 Å². The Hall–Kier alpha value is -2.62. The SMILES string of the molecule is CCC[C@@H](NC[C@@H](O)COc1ccc(-c2ccccc2)cc1)c1ccccc1. The fourth-order valence-corrected chi connectivity index (χ4v) is 3.26. The van der Waals surface area contributed by atoms with Gasteiger partial charge in [0.25, 0.3) is 0 Å². The fraction of sp³-hybridized carbons (Fsp3) is 0.280. The second-order valence-electron chi connectivity index (χ2n) is 7.02. The van der Waals surface area contributed by atoms with Gasteiger partial charge in [0.05, 0.1) is 0 Å². The van der Waals surface area contributed by atoms with Gasteiger partial charge in [0.15, 0.2) is 0 Å². The van der Waals surface area contributed by atoms with Gasteiger partial charge in [-0.25, -0.2) is 0 Å². The molecule has 0 bridgehead atoms. The van der Waals surface area contributed by atoms with Crippen LogP contribution in [0.4, 0.5) is 0 Å². The molecule has 0 aliphatic heterocycles. The number of aliphatic hydroxyl groups is 1. The number of hydrogen-bond donors (Lipinski definition) is 2. The lowest BCUT2D eigenvalue weighted by Crippen LogP contribution is -2.34. The van der Waals surface area contributed by atoms with E-state index >= 15 is 0 Å². The zero-order valence-corrected chi connectivity index (χ0v) is 16.4. The van der Waals surface area contributed by atoms with Crippen LogP contribution in [0.1, 0.15) is 31.4 Å². The molecule has 0 saturated heterocycles. The molecule has 28 heavy (non-hydrogen) atoms. The molecule has 3 aromatic carbocycles. The number of aliphatic hydroxyl groups excluding tert-OH is 1. The van der Waals surface area contributed by atoms with Gasteiger partial charge in [-0.15, -0.1) is 0 Å². The van der Waals surface area contributed by atoms with Crippen molar-refractivity contribution < 1.29 is 9.84 Å². The van der Waals surface area contributed by atoms with Crippen molar-refractivity contribution in [2.24, 2.45) is 0 Å². The molecule has 0 fully saturated rings. The van der Waals surface area contributed by atoms with E-state index in [1.54, 1.807) is 0 Å². The van der Waals surface area contributed by atoms with Crippen LogP contribution in [0.15, 0.2) is 84.9 Å². The summed E-state index contributed by atoms with van der Waals surface area (Å²) in [6.45, 7) is 2.95. The normalized spacial score (nSPS) is 13.1. The second kappa shape index (κ2) is 10.6. The molecule has 0 amide bonds. The average molecular weight is 376 g/mol. The van der Waals surface area contributed by atoms with Crippen molar-refractivity contribution in [3.63, 3.8) is 0 Å². The van der Waals surface area contributed by atoms with Crippen LogP contribution < -0.4 is 10.1 Å². The van der Waals surface area contributed by atoms with Crippen molar-refractivity contribution in [2.75, 3.05) is 13.2 Å². The molecule has 0 unspecified atom stereocenters. The largest absolute Gasteiger partial charge is 0.491 e. The minimum atomic E-state index is -0.558. The number of benzene rings is 3. The highest BCUT2D eigenvalue weighted by Crippen LogP contribution is 2.22. The van der Waals surface area contributed by atoms with Gasteiger partial charge in [-0.2, -0.15) is 0 Å². The van der Waals surface area contributed by atoms with Crippen LogP contribution in [0, 0.1) is 0 Å². The molecule has 3 nitrogen and oxygen atoms in total. The molecular weight excluding hydrogens is 346 g/mol. The first-order valence-electron chi connectivity index (χ1n) is 10.0. The maximum Gasteiger partial charge on any atom is 0.119 e. The molecule has 146 valence electrons. The maximum atomic E-state index is 10.3. The van der Waals surface area contributed by atoms with Gasteiger partial charge in [-0.3, -0.25) is 0 Å². The molecule has 0 aromatic heterocycles. The summed E-state index contributed by atoms with van der Waals surface area (Å²) in [6, 6.07) is 28.9. The molecule has 0 heterocycles. The first-order valence-corrected chi connectivity index (χ1v) is 10.0. The third-order valence-corrected chi connectivity index (χ3v) is 4.78. The minimum Gasteiger partial charge on any atom is -0.491 e. The van der Waals surface area contributed by atoms with E-state index in [9.17, 15) is 5.11 Å². The Morgan fingerprint density at radius 1 is 0.821 bits per heavy atom. The lowest BCUT2D eigenvalue weighted by atomic mass is 10.0. The van der Waals surface area contributed by atoms with Crippen molar-refractivity contribution in [3.05, 3.63) is 90.5 Å². The minimum absolute atomic E-state index is 0.256. The summed E-state index contributed by atoms with van der Waals surface area (Å²) < 4.78 is 5.77. The van der Waals surface area contributed by atoms with E-state index in [4.69, 9.17) is 4.74 Å². The molecule has 0 aliphatic rings. The average Bonchev–Trinajstić information content (AvgIpc) is 2.77. The number of nitrogens with one attached hydrogen (secondary N) is 1. The highest BCUT2D eigenvalue weighted by molar-refractivity contribution is 5.63. The number of rotatable bonds is 10. The zero-order valence-electron chi connectivity index (χ0n) is 16.4. The Labute approximate surface area is 168 Å². The van der Waals surface area contributed by atoms with E-state index in [0.29, 0.717) is 6.54 Å². The van der Waals surface area contributed by atoms with Gasteiger partial charge in [-0.05, 0) is 35.2 Å². The molecule has 0 spiro atoms. The van der Waals surface area contributed by atoms with Gasteiger partial charge in [0.1, 0.15) is 18.5 Å². The molecule has 3 heteroatoms. The maximum absolute atomic E-state index is 10.3. The summed E-state index contributed by atoms with van der Waals surface area (Å²) in [5, 5.41) is 13.8. The van der Waals surface area contributed by atoms with Crippen molar-refractivity contribution in [1.29, 1.82) is 0 Å². The van der Waals surface area contributed by atoms with Crippen LogP contribution in [0.25, 0.3) is 11.1 Å². The van der Waals surface area contributed by atoms with E-state index in [1.165, 1.54) is 11.1 Å². The summed E-state index contributed by atoms with van der Waals surface area (Å²) in [5.74, 6) is 0.770. The summed E-state index contributed by atoms with van der Waals surface area (Å²) in [5.41, 5.74) is 3.59. The highest BCUT2D eigenvalue weighted by atomic mass is 16.5. The summed E-state index contributed by atoms with van der Waals surface area (Å²) in [4.78, 5) is 0. The molecule has 2 atom stereocenters. The van der Waals surface area contributed by atoms with E-state index < -0.39 is 6.10 Å². The standard InChI is InChI=1S/C25H29NO2/c1-2-9-25(22-12-7-4-8-13-22)26-18-23(27)19-28-24-16-14-21(15-17-24)20-10-5-3-6-11-20/h3-8,10-17,23,25-27H,2,9,18-19H2,1H3/t23-,25-/m1/s1. The zero-order chi connectivity index (χ0) is 19.6. The predicted molar refractivity (Wildman–Crippen MR) is 115 cm³/mol. The molecule has 2 N–H and O–H groups in total. The lowest BCUT2D eigenvalue weighted by Gasteiger charge is -2.21. The Bertz CT molecular complexity index is 803. The highest BCUT2D eigenvalue weighted by Gasteiger charge is 2.12. The van der Waals surface area contributed by atoms with Crippen LogP contribution in [0.5, 0.6) is 5.75 Å². The van der Waals surface area contributed by atoms with Gasteiger partial charge < -0.3 is 15.2 Å². The van der Waals surface area contributed by atoms with Crippen LogP contribution in [0.2, 0.25) is 0 Å². The first kappa shape index (κ1) is 20.1. The van der Waals surface area contributed by atoms with Crippen molar-refractivity contribution in [3.8, 4) is 16.9 Å². The van der Waals surface area contributed by atoms with Crippen molar-refractivity contribution in [1.82, 2.24) is 5.32 Å². The van der Waals surface area contributed by atoms with Crippen LogP contribution in [0.3, 0.4) is 0 Å². The quantitative estimate of drug-likeness (QED) is 0.510. The molecular formula is C25H29NO2. The van der Waals surface area contributed by atoms with E-state index in [0.717, 1.165) is 24.2 Å². The monoisotopic (exact) mass is 375 g/mol. The topological polar surface area (TPSA) is 41.5 Å². The Morgan fingerprint density at radius 2 is 1.43 bits per heavy atom.